The number of para-hydroxylation sites is 1. The van der Waals surface area contributed by atoms with Gasteiger partial charge >= 0.3 is 0 Å². The van der Waals surface area contributed by atoms with E-state index in [-0.39, 0.29) is 24.8 Å². The van der Waals surface area contributed by atoms with Crippen LogP contribution >= 0.6 is 0 Å². The van der Waals surface area contributed by atoms with Crippen molar-refractivity contribution in [1.29, 1.82) is 0 Å². The maximum Gasteiger partial charge on any atom is 0.242 e. The van der Waals surface area contributed by atoms with Crippen LogP contribution in [0.4, 0.5) is 0 Å². The van der Waals surface area contributed by atoms with Gasteiger partial charge in [-0.15, -0.1) is 0 Å². The third kappa shape index (κ3) is 5.86. The standard InChI is InChI=1S/C17H20N2O4/c1-13(17(21)18-12-15-8-5-10-22-15)19-16(20)9-11-23-14-6-3-2-4-7-14/h2-8,10,13H,9,11-12H2,1H3,(H,18,21)(H,19,20)/t13-/m1/s1. The van der Waals surface area contributed by atoms with Gasteiger partial charge in [-0.2, -0.15) is 0 Å². The normalized spacial score (nSPS) is 11.5. The second kappa shape index (κ2) is 8.63. The van der Waals surface area contributed by atoms with Crippen LogP contribution in [0, 0.1) is 0 Å². The lowest BCUT2D eigenvalue weighted by molar-refractivity contribution is -0.129. The molecule has 0 unspecified atom stereocenters. The zero-order chi connectivity index (χ0) is 16.5. The first-order valence-corrected chi connectivity index (χ1v) is 7.42. The van der Waals surface area contributed by atoms with Crippen LogP contribution in [-0.2, 0) is 16.1 Å². The fourth-order valence-corrected chi connectivity index (χ4v) is 1.90. The third-order valence-electron chi connectivity index (χ3n) is 3.13. The molecule has 0 saturated carbocycles. The highest BCUT2D eigenvalue weighted by atomic mass is 16.5. The molecule has 1 aromatic heterocycles. The fourth-order valence-electron chi connectivity index (χ4n) is 1.90. The van der Waals surface area contributed by atoms with Gasteiger partial charge in [0.2, 0.25) is 11.8 Å². The van der Waals surface area contributed by atoms with Gasteiger partial charge in [0, 0.05) is 0 Å². The molecule has 2 aromatic rings. The molecule has 2 amide bonds. The molecule has 2 N–H and O–H groups in total. The van der Waals surface area contributed by atoms with Gasteiger partial charge in [-0.3, -0.25) is 9.59 Å². The molecule has 1 aromatic carbocycles. The SMILES string of the molecule is C[C@@H](NC(=O)CCOc1ccccc1)C(=O)NCc1ccco1. The van der Waals surface area contributed by atoms with Crippen molar-refractivity contribution in [2.45, 2.75) is 25.9 Å². The lowest BCUT2D eigenvalue weighted by Gasteiger charge is -2.14. The number of hydrogen-bond donors (Lipinski definition) is 2. The monoisotopic (exact) mass is 316 g/mol. The van der Waals surface area contributed by atoms with Crippen molar-refractivity contribution >= 4 is 11.8 Å². The number of hydrogen-bond acceptors (Lipinski definition) is 4. The lowest BCUT2D eigenvalue weighted by atomic mass is 10.3. The van der Waals surface area contributed by atoms with Crippen LogP contribution in [0.1, 0.15) is 19.1 Å². The molecule has 1 atom stereocenters. The van der Waals surface area contributed by atoms with E-state index < -0.39 is 6.04 Å². The lowest BCUT2D eigenvalue weighted by Crippen LogP contribution is -2.44. The Morgan fingerprint density at radius 2 is 1.96 bits per heavy atom. The average Bonchev–Trinajstić information content (AvgIpc) is 3.07. The van der Waals surface area contributed by atoms with E-state index in [9.17, 15) is 9.59 Å². The zero-order valence-corrected chi connectivity index (χ0v) is 13.0. The summed E-state index contributed by atoms with van der Waals surface area (Å²) in [5.74, 6) is 0.873. The molecule has 1 heterocycles. The summed E-state index contributed by atoms with van der Waals surface area (Å²) in [6, 6.07) is 12.2. The second-order valence-electron chi connectivity index (χ2n) is 5.00. The predicted molar refractivity (Wildman–Crippen MR) is 84.7 cm³/mol. The molecule has 0 radical (unpaired) electrons. The first kappa shape index (κ1) is 16.6. The molecule has 6 nitrogen and oxygen atoms in total. The van der Waals surface area contributed by atoms with Crippen LogP contribution < -0.4 is 15.4 Å². The molecule has 0 aliphatic carbocycles. The zero-order valence-electron chi connectivity index (χ0n) is 13.0. The van der Waals surface area contributed by atoms with Crippen LogP contribution in [0.25, 0.3) is 0 Å². The Morgan fingerprint density at radius 3 is 2.65 bits per heavy atom. The van der Waals surface area contributed by atoms with Crippen molar-refractivity contribution in [2.24, 2.45) is 0 Å². The first-order chi connectivity index (χ1) is 11.1. The van der Waals surface area contributed by atoms with E-state index in [1.165, 1.54) is 0 Å². The van der Waals surface area contributed by atoms with Crippen molar-refractivity contribution < 1.29 is 18.7 Å². The van der Waals surface area contributed by atoms with Crippen molar-refractivity contribution in [1.82, 2.24) is 10.6 Å². The summed E-state index contributed by atoms with van der Waals surface area (Å²) in [5.41, 5.74) is 0. The minimum absolute atomic E-state index is 0.185. The molecule has 6 heteroatoms. The number of carbonyl (C=O) groups is 2. The highest BCUT2D eigenvalue weighted by Crippen LogP contribution is 2.08. The van der Waals surface area contributed by atoms with E-state index in [2.05, 4.69) is 10.6 Å². The van der Waals surface area contributed by atoms with Crippen LogP contribution in [-0.4, -0.2) is 24.5 Å². The van der Waals surface area contributed by atoms with E-state index in [1.807, 2.05) is 30.3 Å². The minimum Gasteiger partial charge on any atom is -0.493 e. The van der Waals surface area contributed by atoms with Gasteiger partial charge in [0.25, 0.3) is 0 Å². The minimum atomic E-state index is -0.616. The Balaban J connectivity index is 1.64. The predicted octanol–water partition coefficient (Wildman–Crippen LogP) is 1.87. The van der Waals surface area contributed by atoms with Gasteiger partial charge in [-0.25, -0.2) is 0 Å². The Morgan fingerprint density at radius 1 is 1.17 bits per heavy atom. The maximum atomic E-state index is 11.9. The van der Waals surface area contributed by atoms with Crippen molar-refractivity contribution in [3.8, 4) is 5.75 Å². The van der Waals surface area contributed by atoms with Gasteiger partial charge in [0.15, 0.2) is 0 Å². The molecule has 0 saturated heterocycles. The first-order valence-electron chi connectivity index (χ1n) is 7.42. The summed E-state index contributed by atoms with van der Waals surface area (Å²) in [6.45, 7) is 2.19. The fraction of sp³-hybridized carbons (Fsp3) is 0.294. The summed E-state index contributed by atoms with van der Waals surface area (Å²) in [7, 11) is 0. The number of benzene rings is 1. The largest absolute Gasteiger partial charge is 0.493 e. The van der Waals surface area contributed by atoms with Crippen molar-refractivity contribution in [3.05, 3.63) is 54.5 Å². The second-order valence-corrected chi connectivity index (χ2v) is 5.00. The van der Waals surface area contributed by atoms with Gasteiger partial charge in [0.05, 0.1) is 25.8 Å². The topological polar surface area (TPSA) is 80.6 Å². The third-order valence-corrected chi connectivity index (χ3v) is 3.13. The number of rotatable bonds is 8. The molecule has 0 fully saturated rings. The van der Waals surface area contributed by atoms with Crippen LogP contribution in [0.5, 0.6) is 5.75 Å². The molecule has 122 valence electrons. The van der Waals surface area contributed by atoms with E-state index in [0.29, 0.717) is 18.1 Å². The van der Waals surface area contributed by atoms with E-state index in [1.54, 1.807) is 25.3 Å². The molecule has 0 spiro atoms. The molecule has 0 aliphatic heterocycles. The Hall–Kier alpha value is -2.76. The number of amides is 2. The van der Waals surface area contributed by atoms with Crippen LogP contribution in [0.15, 0.2) is 53.1 Å². The van der Waals surface area contributed by atoms with Gasteiger partial charge in [-0.1, -0.05) is 18.2 Å². The molecule has 0 aliphatic rings. The number of furan rings is 1. The summed E-state index contributed by atoms with van der Waals surface area (Å²) < 4.78 is 10.6. The highest BCUT2D eigenvalue weighted by Gasteiger charge is 2.15. The molecule has 23 heavy (non-hydrogen) atoms. The molecule has 0 bridgehead atoms. The van der Waals surface area contributed by atoms with Crippen LogP contribution in [0.2, 0.25) is 0 Å². The van der Waals surface area contributed by atoms with Gasteiger partial charge < -0.3 is 19.8 Å². The van der Waals surface area contributed by atoms with E-state index in [4.69, 9.17) is 9.15 Å². The highest BCUT2D eigenvalue weighted by molar-refractivity contribution is 5.87. The Kier molecular flexibility index (Phi) is 6.23. The number of ether oxygens (including phenoxy) is 1. The number of carbonyl (C=O) groups excluding carboxylic acids is 2. The number of nitrogens with one attached hydrogen (secondary N) is 2. The maximum absolute atomic E-state index is 11.9. The summed E-state index contributed by atoms with van der Waals surface area (Å²) in [4.78, 5) is 23.7. The smallest absolute Gasteiger partial charge is 0.242 e. The van der Waals surface area contributed by atoms with Crippen molar-refractivity contribution in [2.75, 3.05) is 6.61 Å². The van der Waals surface area contributed by atoms with Crippen LogP contribution in [0.3, 0.4) is 0 Å². The van der Waals surface area contributed by atoms with Gasteiger partial charge in [-0.05, 0) is 31.2 Å². The van der Waals surface area contributed by atoms with E-state index in [0.717, 1.165) is 0 Å². The van der Waals surface area contributed by atoms with E-state index >= 15 is 0 Å². The molecule has 2 rings (SSSR count). The molecular weight excluding hydrogens is 296 g/mol. The van der Waals surface area contributed by atoms with Gasteiger partial charge in [0.1, 0.15) is 17.6 Å². The summed E-state index contributed by atoms with van der Waals surface area (Å²) in [5, 5.41) is 5.33. The van der Waals surface area contributed by atoms with Crippen molar-refractivity contribution in [3.63, 3.8) is 0 Å². The summed E-state index contributed by atoms with van der Waals surface area (Å²) >= 11 is 0. The molecular formula is C17H20N2O4. The Bertz CT molecular complexity index is 611. The summed E-state index contributed by atoms with van der Waals surface area (Å²) in [6.07, 6.45) is 1.73. The Labute approximate surface area is 134 Å². The quantitative estimate of drug-likeness (QED) is 0.779. The average molecular weight is 316 g/mol.